The standard InChI is InChI=1S/C9H5F5N2O2S/c1-3(2-15)19(17,18)16-9-7(13)5(11)4(10)6(12)8(9)14/h3,16H,1H3. The highest BCUT2D eigenvalue weighted by molar-refractivity contribution is 7.93. The molecule has 0 spiro atoms. The second-order valence-electron chi connectivity index (χ2n) is 3.36. The van der Waals surface area contributed by atoms with Crippen molar-refractivity contribution >= 4 is 15.7 Å². The first-order chi connectivity index (χ1) is 8.63. The van der Waals surface area contributed by atoms with Crippen LogP contribution in [0.3, 0.4) is 0 Å². The Kier molecular flexibility index (Phi) is 4.00. The molecule has 0 aromatic heterocycles. The van der Waals surface area contributed by atoms with E-state index in [-0.39, 0.29) is 0 Å². The Hall–Kier alpha value is -1.89. The molecule has 0 aliphatic rings. The predicted molar refractivity (Wildman–Crippen MR) is 53.8 cm³/mol. The summed E-state index contributed by atoms with van der Waals surface area (Å²) >= 11 is 0. The molecule has 1 atom stereocenters. The first-order valence-electron chi connectivity index (χ1n) is 4.56. The van der Waals surface area contributed by atoms with Gasteiger partial charge in [0.25, 0.3) is 0 Å². The highest BCUT2D eigenvalue weighted by Crippen LogP contribution is 2.28. The molecule has 4 nitrogen and oxygen atoms in total. The minimum atomic E-state index is -4.60. The molecule has 0 fully saturated rings. The zero-order chi connectivity index (χ0) is 15.0. The summed E-state index contributed by atoms with van der Waals surface area (Å²) in [4.78, 5) is 0. The fraction of sp³-hybridized carbons (Fsp3) is 0.222. The van der Waals surface area contributed by atoms with Crippen LogP contribution < -0.4 is 4.72 Å². The highest BCUT2D eigenvalue weighted by Gasteiger charge is 2.30. The molecule has 19 heavy (non-hydrogen) atoms. The van der Waals surface area contributed by atoms with Crippen molar-refractivity contribution in [2.45, 2.75) is 12.2 Å². The molecule has 1 N–H and O–H groups in total. The van der Waals surface area contributed by atoms with E-state index in [9.17, 15) is 30.4 Å². The molecule has 1 aromatic carbocycles. The Labute approximate surface area is 104 Å². The fourth-order valence-corrected chi connectivity index (χ4v) is 1.77. The van der Waals surface area contributed by atoms with Crippen molar-refractivity contribution in [1.82, 2.24) is 0 Å². The first-order valence-corrected chi connectivity index (χ1v) is 6.10. The molecule has 0 saturated carbocycles. The third kappa shape index (κ3) is 2.60. The maximum absolute atomic E-state index is 13.2. The molecule has 0 heterocycles. The van der Waals surface area contributed by atoms with Crippen LogP contribution in [0.5, 0.6) is 0 Å². The van der Waals surface area contributed by atoms with Gasteiger partial charge in [0.15, 0.2) is 28.5 Å². The summed E-state index contributed by atoms with van der Waals surface area (Å²) in [7, 11) is -4.60. The van der Waals surface area contributed by atoms with Crippen molar-refractivity contribution < 1.29 is 30.4 Å². The van der Waals surface area contributed by atoms with Crippen LogP contribution in [0.2, 0.25) is 0 Å². The second kappa shape index (κ2) is 5.00. The van der Waals surface area contributed by atoms with Crippen LogP contribution in [-0.2, 0) is 10.0 Å². The zero-order valence-electron chi connectivity index (χ0n) is 9.14. The van der Waals surface area contributed by atoms with Gasteiger partial charge in [-0.3, -0.25) is 4.72 Å². The van der Waals surface area contributed by atoms with Gasteiger partial charge < -0.3 is 0 Å². The smallest absolute Gasteiger partial charge is 0.249 e. The van der Waals surface area contributed by atoms with Gasteiger partial charge in [-0.15, -0.1) is 0 Å². The number of hydrogen-bond acceptors (Lipinski definition) is 3. The van der Waals surface area contributed by atoms with Crippen LogP contribution in [0.4, 0.5) is 27.6 Å². The number of anilines is 1. The van der Waals surface area contributed by atoms with E-state index in [1.807, 2.05) is 0 Å². The summed E-state index contributed by atoms with van der Waals surface area (Å²) in [5.74, 6) is -11.6. The third-order valence-corrected chi connectivity index (χ3v) is 3.63. The lowest BCUT2D eigenvalue weighted by atomic mass is 10.2. The van der Waals surface area contributed by atoms with Gasteiger partial charge in [-0.05, 0) is 6.92 Å². The van der Waals surface area contributed by atoms with Gasteiger partial charge in [0.1, 0.15) is 5.69 Å². The molecule has 10 heteroatoms. The van der Waals surface area contributed by atoms with Crippen molar-refractivity contribution in [3.8, 4) is 6.07 Å². The van der Waals surface area contributed by atoms with Gasteiger partial charge >= 0.3 is 0 Å². The van der Waals surface area contributed by atoms with Gasteiger partial charge in [-0.1, -0.05) is 0 Å². The second-order valence-corrected chi connectivity index (χ2v) is 5.36. The molecule has 1 rings (SSSR count). The van der Waals surface area contributed by atoms with Crippen molar-refractivity contribution in [2.75, 3.05) is 4.72 Å². The van der Waals surface area contributed by atoms with E-state index in [0.717, 1.165) is 6.92 Å². The number of nitrogens with one attached hydrogen (secondary N) is 1. The van der Waals surface area contributed by atoms with Crippen LogP contribution in [-0.4, -0.2) is 13.7 Å². The lowest BCUT2D eigenvalue weighted by Crippen LogP contribution is -2.25. The third-order valence-electron chi connectivity index (χ3n) is 2.10. The van der Waals surface area contributed by atoms with E-state index in [4.69, 9.17) is 5.26 Å². The van der Waals surface area contributed by atoms with Gasteiger partial charge in [0.2, 0.25) is 15.8 Å². The Balaban J connectivity index is 3.44. The average Bonchev–Trinajstić information content (AvgIpc) is 2.38. The maximum atomic E-state index is 13.2. The number of nitrogens with zero attached hydrogens (tertiary/aromatic N) is 1. The Morgan fingerprint density at radius 3 is 1.74 bits per heavy atom. The topological polar surface area (TPSA) is 70.0 Å². The van der Waals surface area contributed by atoms with Crippen molar-refractivity contribution in [2.24, 2.45) is 0 Å². The monoisotopic (exact) mass is 300 g/mol. The quantitative estimate of drug-likeness (QED) is 0.527. The van der Waals surface area contributed by atoms with Crippen LogP contribution >= 0.6 is 0 Å². The average molecular weight is 300 g/mol. The van der Waals surface area contributed by atoms with E-state index in [1.54, 1.807) is 0 Å². The van der Waals surface area contributed by atoms with Crippen molar-refractivity contribution in [3.05, 3.63) is 29.1 Å². The van der Waals surface area contributed by atoms with E-state index >= 15 is 0 Å². The molecule has 0 amide bonds. The number of benzene rings is 1. The number of sulfonamides is 1. The largest absolute Gasteiger partial charge is 0.277 e. The van der Waals surface area contributed by atoms with E-state index in [2.05, 4.69) is 0 Å². The highest BCUT2D eigenvalue weighted by atomic mass is 32.2. The number of hydrogen-bond donors (Lipinski definition) is 1. The SMILES string of the molecule is CC(C#N)S(=O)(=O)Nc1c(F)c(F)c(F)c(F)c1F. The molecule has 0 aliphatic heterocycles. The summed E-state index contributed by atoms with van der Waals surface area (Å²) in [6.07, 6.45) is 0. The number of halogens is 5. The van der Waals surface area contributed by atoms with E-state index in [1.165, 1.54) is 10.8 Å². The maximum Gasteiger partial charge on any atom is 0.249 e. The first kappa shape index (κ1) is 15.2. The molecule has 1 aromatic rings. The van der Waals surface area contributed by atoms with Crippen LogP contribution in [0, 0.1) is 40.4 Å². The summed E-state index contributed by atoms with van der Waals surface area (Å²) in [6.45, 7) is 0.869. The van der Waals surface area contributed by atoms with Gasteiger partial charge in [0.05, 0.1) is 6.07 Å². The molecular weight excluding hydrogens is 295 g/mol. The normalized spacial score (nSPS) is 12.9. The van der Waals surface area contributed by atoms with Gasteiger partial charge in [-0.25, -0.2) is 30.4 Å². The van der Waals surface area contributed by atoms with Crippen LogP contribution in [0.1, 0.15) is 6.92 Å². The lowest BCUT2D eigenvalue weighted by Gasteiger charge is -2.12. The summed E-state index contributed by atoms with van der Waals surface area (Å²) in [5, 5.41) is 6.63. The zero-order valence-corrected chi connectivity index (χ0v) is 9.96. The van der Waals surface area contributed by atoms with Crippen LogP contribution in [0.25, 0.3) is 0 Å². The molecule has 0 aliphatic carbocycles. The molecule has 0 bridgehead atoms. The Morgan fingerprint density at radius 2 is 1.37 bits per heavy atom. The summed E-state index contributed by atoms with van der Waals surface area (Å²) < 4.78 is 88.5. The Bertz CT molecular complexity index is 639. The molecule has 104 valence electrons. The minimum absolute atomic E-state index is 0.869. The van der Waals surface area contributed by atoms with E-state index in [0.29, 0.717) is 0 Å². The fourth-order valence-electron chi connectivity index (χ4n) is 0.995. The van der Waals surface area contributed by atoms with Gasteiger partial charge in [-0.2, -0.15) is 5.26 Å². The van der Waals surface area contributed by atoms with E-state index < -0.39 is 50.0 Å². The van der Waals surface area contributed by atoms with Crippen molar-refractivity contribution in [3.63, 3.8) is 0 Å². The summed E-state index contributed by atoms with van der Waals surface area (Å²) in [6, 6.07) is 1.25. The summed E-state index contributed by atoms with van der Waals surface area (Å²) in [5.41, 5.74) is -1.72. The molecule has 0 saturated heterocycles. The minimum Gasteiger partial charge on any atom is -0.277 e. The van der Waals surface area contributed by atoms with Crippen molar-refractivity contribution in [1.29, 1.82) is 5.26 Å². The molecule has 0 radical (unpaired) electrons. The predicted octanol–water partition coefficient (Wildman–Crippen LogP) is 2.04. The molecule has 1 unspecified atom stereocenters. The lowest BCUT2D eigenvalue weighted by molar-refractivity contribution is 0.382. The van der Waals surface area contributed by atoms with Gasteiger partial charge in [0, 0.05) is 0 Å². The number of rotatable bonds is 3. The Morgan fingerprint density at radius 1 is 1.00 bits per heavy atom. The molecular formula is C9H5F5N2O2S. The number of nitriles is 1. The van der Waals surface area contributed by atoms with Crippen LogP contribution in [0.15, 0.2) is 0 Å².